The summed E-state index contributed by atoms with van der Waals surface area (Å²) in [5, 5.41) is 0.665. The monoisotopic (exact) mass is 496 g/mol. The fourth-order valence-electron chi connectivity index (χ4n) is 5.28. The zero-order valence-corrected chi connectivity index (χ0v) is 21.6. The van der Waals surface area contributed by atoms with Crippen molar-refractivity contribution in [1.29, 1.82) is 0 Å². The molecular weight excluding hydrogens is 460 g/mol. The lowest BCUT2D eigenvalue weighted by molar-refractivity contribution is -0.143. The second-order valence-electron chi connectivity index (χ2n) is 10.1. The van der Waals surface area contributed by atoms with Gasteiger partial charge in [0.15, 0.2) is 0 Å². The fourth-order valence-corrected chi connectivity index (χ4v) is 5.40. The number of piperazine rings is 1. The summed E-state index contributed by atoms with van der Waals surface area (Å²) in [6.45, 7) is 7.79. The Morgan fingerprint density at radius 2 is 1.69 bits per heavy atom. The number of nitrogens with two attached hydrogens (primary N) is 1. The van der Waals surface area contributed by atoms with Crippen LogP contribution in [0.4, 0.5) is 5.69 Å². The van der Waals surface area contributed by atoms with E-state index in [2.05, 4.69) is 36.9 Å². The topological polar surface area (TPSA) is 69.9 Å². The Morgan fingerprint density at radius 1 is 1.00 bits per heavy atom. The average Bonchev–Trinajstić information content (AvgIpc) is 3.28. The van der Waals surface area contributed by atoms with Crippen molar-refractivity contribution in [2.75, 3.05) is 37.6 Å². The lowest BCUT2D eigenvalue weighted by Gasteiger charge is -2.40. The minimum atomic E-state index is -0.468. The van der Waals surface area contributed by atoms with E-state index < -0.39 is 6.04 Å². The lowest BCUT2D eigenvalue weighted by Crippen LogP contribution is -2.56. The number of amides is 2. The van der Waals surface area contributed by atoms with Crippen LogP contribution in [0.15, 0.2) is 48.5 Å². The quantitative estimate of drug-likeness (QED) is 0.592. The van der Waals surface area contributed by atoms with Gasteiger partial charge < -0.3 is 20.4 Å². The molecule has 2 aliphatic rings. The average molecular weight is 497 g/mol. The Hall–Kier alpha value is -2.57. The van der Waals surface area contributed by atoms with Crippen LogP contribution >= 0.6 is 11.6 Å². The van der Waals surface area contributed by atoms with Gasteiger partial charge >= 0.3 is 0 Å². The summed E-state index contributed by atoms with van der Waals surface area (Å²) in [6, 6.07) is 15.5. The second-order valence-corrected chi connectivity index (χ2v) is 10.6. The SMILES string of the molecule is CC(C)C[C@H](N)c1ccccc1N1CCN(C(=O)[C@@H](Cc2ccc(Cl)cc2)N2CCCC2=O)CC1. The number of hydrogen-bond acceptors (Lipinski definition) is 4. The van der Waals surface area contributed by atoms with Crippen molar-refractivity contribution < 1.29 is 9.59 Å². The number of anilines is 1. The summed E-state index contributed by atoms with van der Waals surface area (Å²) in [5.41, 5.74) is 9.90. The van der Waals surface area contributed by atoms with Crippen molar-refractivity contribution in [2.24, 2.45) is 11.7 Å². The van der Waals surface area contributed by atoms with Gasteiger partial charge in [0.05, 0.1) is 0 Å². The number of hydrogen-bond donors (Lipinski definition) is 1. The van der Waals surface area contributed by atoms with Gasteiger partial charge in [0.2, 0.25) is 11.8 Å². The van der Waals surface area contributed by atoms with Crippen LogP contribution in [0.1, 0.15) is 50.3 Å². The van der Waals surface area contributed by atoms with Crippen LogP contribution in [0.5, 0.6) is 0 Å². The zero-order valence-electron chi connectivity index (χ0n) is 20.8. The Labute approximate surface area is 214 Å². The molecule has 188 valence electrons. The molecule has 6 nitrogen and oxygen atoms in total. The number of likely N-dealkylation sites (tertiary alicyclic amines) is 1. The maximum atomic E-state index is 13.7. The van der Waals surface area contributed by atoms with Gasteiger partial charge in [-0.1, -0.05) is 55.8 Å². The van der Waals surface area contributed by atoms with E-state index in [0.29, 0.717) is 43.4 Å². The van der Waals surface area contributed by atoms with E-state index in [9.17, 15) is 9.59 Å². The molecule has 0 spiro atoms. The molecule has 2 N–H and O–H groups in total. The van der Waals surface area contributed by atoms with Crippen molar-refractivity contribution in [3.63, 3.8) is 0 Å². The molecule has 0 saturated carbocycles. The summed E-state index contributed by atoms with van der Waals surface area (Å²) in [7, 11) is 0. The first-order chi connectivity index (χ1) is 16.8. The number of rotatable bonds is 8. The van der Waals surface area contributed by atoms with Crippen LogP contribution in [0.25, 0.3) is 0 Å². The number of benzene rings is 2. The zero-order chi connectivity index (χ0) is 24.9. The molecular formula is C28H37ClN4O2. The normalized spacial score (nSPS) is 18.3. The van der Waals surface area contributed by atoms with Crippen LogP contribution in [0.2, 0.25) is 5.02 Å². The van der Waals surface area contributed by atoms with Gasteiger partial charge in [-0.3, -0.25) is 9.59 Å². The number of carbonyl (C=O) groups is 2. The molecule has 2 aliphatic heterocycles. The van der Waals surface area contributed by atoms with E-state index in [4.69, 9.17) is 17.3 Å². The molecule has 0 bridgehead atoms. The molecule has 2 amide bonds. The van der Waals surface area contributed by atoms with E-state index >= 15 is 0 Å². The third-order valence-corrected chi connectivity index (χ3v) is 7.36. The molecule has 0 aliphatic carbocycles. The van der Waals surface area contributed by atoms with Crippen LogP contribution in [0, 0.1) is 5.92 Å². The first kappa shape index (κ1) is 25.5. The van der Waals surface area contributed by atoms with E-state index in [-0.39, 0.29) is 17.9 Å². The largest absolute Gasteiger partial charge is 0.368 e. The fraction of sp³-hybridized carbons (Fsp3) is 0.500. The van der Waals surface area contributed by atoms with Crippen molar-refractivity contribution >= 4 is 29.1 Å². The third kappa shape index (κ3) is 6.17. The molecule has 2 atom stereocenters. The van der Waals surface area contributed by atoms with Gasteiger partial charge in [-0.25, -0.2) is 0 Å². The molecule has 0 unspecified atom stereocenters. The van der Waals surface area contributed by atoms with Crippen LogP contribution in [-0.2, 0) is 16.0 Å². The van der Waals surface area contributed by atoms with Crippen LogP contribution in [-0.4, -0.2) is 60.4 Å². The highest BCUT2D eigenvalue weighted by molar-refractivity contribution is 6.30. The third-order valence-electron chi connectivity index (χ3n) is 7.11. The first-order valence-electron chi connectivity index (χ1n) is 12.8. The number of carbonyl (C=O) groups excluding carboxylic acids is 2. The lowest BCUT2D eigenvalue weighted by atomic mass is 9.96. The van der Waals surface area contributed by atoms with E-state index in [1.165, 1.54) is 11.3 Å². The van der Waals surface area contributed by atoms with E-state index in [1.54, 1.807) is 4.90 Å². The van der Waals surface area contributed by atoms with Gasteiger partial charge in [0.1, 0.15) is 6.04 Å². The minimum Gasteiger partial charge on any atom is -0.368 e. The highest BCUT2D eigenvalue weighted by atomic mass is 35.5. The smallest absolute Gasteiger partial charge is 0.245 e. The van der Waals surface area contributed by atoms with Crippen LogP contribution in [0.3, 0.4) is 0 Å². The molecule has 35 heavy (non-hydrogen) atoms. The van der Waals surface area contributed by atoms with Crippen molar-refractivity contribution in [3.05, 3.63) is 64.7 Å². The molecule has 0 aromatic heterocycles. The molecule has 0 radical (unpaired) electrons. The number of halogens is 1. The molecule has 2 saturated heterocycles. The second kappa shape index (κ2) is 11.4. The van der Waals surface area contributed by atoms with Crippen molar-refractivity contribution in [3.8, 4) is 0 Å². The van der Waals surface area contributed by atoms with Gasteiger partial charge in [-0.2, -0.15) is 0 Å². The van der Waals surface area contributed by atoms with Crippen molar-refractivity contribution in [1.82, 2.24) is 9.80 Å². The molecule has 2 fully saturated rings. The Kier molecular flexibility index (Phi) is 8.34. The summed E-state index contributed by atoms with van der Waals surface area (Å²) < 4.78 is 0. The summed E-state index contributed by atoms with van der Waals surface area (Å²) in [4.78, 5) is 32.3. The predicted molar refractivity (Wildman–Crippen MR) is 142 cm³/mol. The predicted octanol–water partition coefficient (Wildman–Crippen LogP) is 4.27. The van der Waals surface area contributed by atoms with Gasteiger partial charge in [-0.15, -0.1) is 0 Å². The van der Waals surface area contributed by atoms with E-state index in [1.807, 2.05) is 35.2 Å². The standard InChI is InChI=1S/C28H37ClN4O2/c1-20(2)18-24(30)23-6-3-4-7-25(23)31-14-16-32(17-15-31)28(35)26(33-13-5-8-27(33)34)19-21-9-11-22(29)12-10-21/h3-4,6-7,9-12,20,24,26H,5,8,13-19,30H2,1-2H3/t24-,26+/m0/s1. The summed E-state index contributed by atoms with van der Waals surface area (Å²) >= 11 is 6.05. The molecule has 2 aromatic carbocycles. The van der Waals surface area contributed by atoms with Gasteiger partial charge in [-0.05, 0) is 48.1 Å². The maximum absolute atomic E-state index is 13.7. The summed E-state index contributed by atoms with van der Waals surface area (Å²) in [6.07, 6.45) is 2.77. The Morgan fingerprint density at radius 3 is 2.31 bits per heavy atom. The molecule has 7 heteroatoms. The number of para-hydroxylation sites is 1. The first-order valence-corrected chi connectivity index (χ1v) is 13.1. The van der Waals surface area contributed by atoms with Gasteiger partial charge in [0, 0.05) is 62.3 Å². The minimum absolute atomic E-state index is 0.00389. The number of nitrogens with zero attached hydrogens (tertiary/aromatic N) is 3. The summed E-state index contributed by atoms with van der Waals surface area (Å²) in [5.74, 6) is 0.641. The highest BCUT2D eigenvalue weighted by Gasteiger charge is 2.36. The van der Waals surface area contributed by atoms with Crippen molar-refractivity contribution in [2.45, 2.75) is 51.6 Å². The molecule has 4 rings (SSSR count). The molecule has 2 heterocycles. The Bertz CT molecular complexity index is 1020. The van der Waals surface area contributed by atoms with Crippen LogP contribution < -0.4 is 10.6 Å². The highest BCUT2D eigenvalue weighted by Crippen LogP contribution is 2.30. The Balaban J connectivity index is 1.46. The maximum Gasteiger partial charge on any atom is 0.245 e. The van der Waals surface area contributed by atoms with Gasteiger partial charge in [0.25, 0.3) is 0 Å². The molecule has 2 aromatic rings. The van der Waals surface area contributed by atoms with E-state index in [0.717, 1.165) is 31.5 Å².